The SMILES string of the molecule is CCOC(=O)c1ccc(NC(=O)[C@](C)(CCl)SCC)cc1. The second-order valence-corrected chi connectivity index (χ2v) is 6.58. The number of thioether (sulfide) groups is 1. The molecule has 21 heavy (non-hydrogen) atoms. The van der Waals surface area contributed by atoms with Gasteiger partial charge >= 0.3 is 5.97 Å². The number of anilines is 1. The van der Waals surface area contributed by atoms with E-state index >= 15 is 0 Å². The molecule has 0 spiro atoms. The van der Waals surface area contributed by atoms with E-state index in [1.54, 1.807) is 31.2 Å². The van der Waals surface area contributed by atoms with E-state index in [2.05, 4.69) is 5.32 Å². The van der Waals surface area contributed by atoms with Crippen molar-refractivity contribution in [2.75, 3.05) is 23.6 Å². The van der Waals surface area contributed by atoms with E-state index in [0.29, 0.717) is 17.9 Å². The highest BCUT2D eigenvalue weighted by molar-refractivity contribution is 8.01. The van der Waals surface area contributed by atoms with Crippen molar-refractivity contribution in [2.45, 2.75) is 25.5 Å². The summed E-state index contributed by atoms with van der Waals surface area (Å²) in [6, 6.07) is 6.60. The second-order valence-electron chi connectivity index (χ2n) is 4.55. The van der Waals surface area contributed by atoms with Crippen LogP contribution in [-0.2, 0) is 9.53 Å². The van der Waals surface area contributed by atoms with Crippen LogP contribution in [0.2, 0.25) is 0 Å². The molecule has 1 amide bonds. The van der Waals surface area contributed by atoms with Crippen molar-refractivity contribution in [1.82, 2.24) is 0 Å². The van der Waals surface area contributed by atoms with Crippen LogP contribution in [-0.4, -0.2) is 34.9 Å². The largest absolute Gasteiger partial charge is 0.462 e. The number of carbonyl (C=O) groups is 2. The van der Waals surface area contributed by atoms with Gasteiger partial charge in [0.2, 0.25) is 5.91 Å². The number of hydrogen-bond donors (Lipinski definition) is 1. The fraction of sp³-hybridized carbons (Fsp3) is 0.467. The summed E-state index contributed by atoms with van der Waals surface area (Å²) in [4.78, 5) is 23.8. The van der Waals surface area contributed by atoms with Crippen molar-refractivity contribution in [1.29, 1.82) is 0 Å². The third-order valence-electron chi connectivity index (χ3n) is 2.85. The van der Waals surface area contributed by atoms with Crippen LogP contribution in [0, 0.1) is 0 Å². The molecular weight excluding hydrogens is 310 g/mol. The summed E-state index contributed by atoms with van der Waals surface area (Å²) < 4.78 is 4.23. The first-order valence-electron chi connectivity index (χ1n) is 6.75. The minimum atomic E-state index is -0.671. The number of benzene rings is 1. The van der Waals surface area contributed by atoms with Crippen molar-refractivity contribution in [3.63, 3.8) is 0 Å². The van der Waals surface area contributed by atoms with Gasteiger partial charge in [-0.05, 0) is 43.9 Å². The summed E-state index contributed by atoms with van der Waals surface area (Å²) in [5.41, 5.74) is 1.08. The van der Waals surface area contributed by atoms with Crippen molar-refractivity contribution in [3.05, 3.63) is 29.8 Å². The van der Waals surface area contributed by atoms with E-state index in [-0.39, 0.29) is 17.8 Å². The number of halogens is 1. The molecule has 1 aromatic carbocycles. The Labute approximate surface area is 134 Å². The summed E-state index contributed by atoms with van der Waals surface area (Å²) in [6.07, 6.45) is 0. The zero-order valence-electron chi connectivity index (χ0n) is 12.4. The standard InChI is InChI=1S/C15H20ClNO3S/c1-4-20-13(18)11-6-8-12(9-7-11)17-14(19)15(3,10-16)21-5-2/h6-9H,4-5,10H2,1-3H3,(H,17,19)/t15-/m0/s1. The van der Waals surface area contributed by atoms with Crippen LogP contribution >= 0.6 is 23.4 Å². The van der Waals surface area contributed by atoms with Gasteiger partial charge in [-0.25, -0.2) is 4.79 Å². The predicted octanol–water partition coefficient (Wildman–Crippen LogP) is 3.55. The van der Waals surface area contributed by atoms with Gasteiger partial charge in [0.15, 0.2) is 0 Å². The van der Waals surface area contributed by atoms with Crippen LogP contribution in [0.25, 0.3) is 0 Å². The number of alkyl halides is 1. The number of carbonyl (C=O) groups excluding carboxylic acids is 2. The first-order chi connectivity index (χ1) is 9.96. The monoisotopic (exact) mass is 329 g/mol. The minimum absolute atomic E-state index is 0.145. The fourth-order valence-corrected chi connectivity index (χ4v) is 2.90. The lowest BCUT2D eigenvalue weighted by Crippen LogP contribution is -2.39. The quantitative estimate of drug-likeness (QED) is 0.614. The highest BCUT2D eigenvalue weighted by Gasteiger charge is 2.32. The van der Waals surface area contributed by atoms with Crippen molar-refractivity contribution >= 4 is 40.9 Å². The third-order valence-corrected chi connectivity index (χ3v) is 4.80. The number of ether oxygens (including phenoxy) is 1. The van der Waals surface area contributed by atoms with Crippen LogP contribution in [0.15, 0.2) is 24.3 Å². The van der Waals surface area contributed by atoms with Crippen molar-refractivity contribution < 1.29 is 14.3 Å². The number of hydrogen-bond acceptors (Lipinski definition) is 4. The molecule has 0 bridgehead atoms. The smallest absolute Gasteiger partial charge is 0.338 e. The maximum absolute atomic E-state index is 12.3. The maximum Gasteiger partial charge on any atom is 0.338 e. The van der Waals surface area contributed by atoms with Gasteiger partial charge in [-0.3, -0.25) is 4.79 Å². The van der Waals surface area contributed by atoms with Gasteiger partial charge in [-0.1, -0.05) is 6.92 Å². The van der Waals surface area contributed by atoms with Crippen LogP contribution in [0.3, 0.4) is 0 Å². The molecule has 0 unspecified atom stereocenters. The summed E-state index contributed by atoms with van der Waals surface area (Å²) in [5, 5.41) is 2.82. The lowest BCUT2D eigenvalue weighted by molar-refractivity contribution is -0.117. The van der Waals surface area contributed by atoms with Gasteiger partial charge in [0.05, 0.1) is 12.2 Å². The Bertz CT molecular complexity index is 492. The molecule has 0 aliphatic carbocycles. The summed E-state index contributed by atoms with van der Waals surface area (Å²) >= 11 is 7.41. The molecule has 0 saturated heterocycles. The van der Waals surface area contributed by atoms with Crippen LogP contribution in [0.5, 0.6) is 0 Å². The molecule has 0 aromatic heterocycles. The highest BCUT2D eigenvalue weighted by atomic mass is 35.5. The van der Waals surface area contributed by atoms with Crippen LogP contribution in [0.4, 0.5) is 5.69 Å². The Kier molecular flexibility index (Phi) is 7.05. The van der Waals surface area contributed by atoms with Gasteiger partial charge in [-0.15, -0.1) is 23.4 Å². The van der Waals surface area contributed by atoms with Crippen molar-refractivity contribution in [2.24, 2.45) is 0 Å². The van der Waals surface area contributed by atoms with Gasteiger partial charge in [0.25, 0.3) is 0 Å². The molecule has 0 aliphatic heterocycles. The summed E-state index contributed by atoms with van der Waals surface area (Å²) in [5.74, 6) is 0.521. The molecule has 1 N–H and O–H groups in total. The Hall–Kier alpha value is -1.20. The topological polar surface area (TPSA) is 55.4 Å². The first kappa shape index (κ1) is 17.9. The number of esters is 1. The zero-order chi connectivity index (χ0) is 15.9. The van der Waals surface area contributed by atoms with E-state index in [9.17, 15) is 9.59 Å². The van der Waals surface area contributed by atoms with Gasteiger partial charge in [-0.2, -0.15) is 0 Å². The van der Waals surface area contributed by atoms with Crippen LogP contribution < -0.4 is 5.32 Å². The Balaban J connectivity index is 2.75. The zero-order valence-corrected chi connectivity index (χ0v) is 14.0. The highest BCUT2D eigenvalue weighted by Crippen LogP contribution is 2.28. The van der Waals surface area contributed by atoms with E-state index in [4.69, 9.17) is 16.3 Å². The van der Waals surface area contributed by atoms with Crippen molar-refractivity contribution in [3.8, 4) is 0 Å². The fourth-order valence-electron chi connectivity index (χ4n) is 1.65. The molecule has 0 saturated carbocycles. The molecular formula is C15H20ClNO3S. The molecule has 1 atom stereocenters. The molecule has 1 aromatic rings. The van der Waals surface area contributed by atoms with E-state index in [1.165, 1.54) is 11.8 Å². The molecule has 1 rings (SSSR count). The summed E-state index contributed by atoms with van der Waals surface area (Å²) in [7, 11) is 0. The molecule has 0 heterocycles. The van der Waals surface area contributed by atoms with E-state index < -0.39 is 4.75 Å². The molecule has 116 valence electrons. The Morgan fingerprint density at radius 1 is 1.29 bits per heavy atom. The Morgan fingerprint density at radius 3 is 2.38 bits per heavy atom. The second kappa shape index (κ2) is 8.29. The lowest BCUT2D eigenvalue weighted by atomic mass is 10.1. The number of amides is 1. The first-order valence-corrected chi connectivity index (χ1v) is 8.27. The Morgan fingerprint density at radius 2 is 1.90 bits per heavy atom. The molecule has 6 heteroatoms. The van der Waals surface area contributed by atoms with E-state index in [1.807, 2.05) is 13.8 Å². The molecule has 0 fully saturated rings. The maximum atomic E-state index is 12.3. The molecule has 0 aliphatic rings. The molecule has 0 radical (unpaired) electrons. The summed E-state index contributed by atoms with van der Waals surface area (Å²) in [6.45, 7) is 5.89. The minimum Gasteiger partial charge on any atom is -0.462 e. The average Bonchev–Trinajstić information content (AvgIpc) is 2.48. The van der Waals surface area contributed by atoms with Gasteiger partial charge in [0.1, 0.15) is 4.75 Å². The molecule has 4 nitrogen and oxygen atoms in total. The number of rotatable bonds is 7. The average molecular weight is 330 g/mol. The van der Waals surface area contributed by atoms with E-state index in [0.717, 1.165) is 5.75 Å². The normalized spacial score (nSPS) is 13.3. The third kappa shape index (κ3) is 4.93. The van der Waals surface area contributed by atoms with Gasteiger partial charge < -0.3 is 10.1 Å². The predicted molar refractivity (Wildman–Crippen MR) is 88.3 cm³/mol. The van der Waals surface area contributed by atoms with Crippen LogP contribution in [0.1, 0.15) is 31.1 Å². The lowest BCUT2D eigenvalue weighted by Gasteiger charge is -2.24. The number of nitrogens with one attached hydrogen (secondary N) is 1. The van der Waals surface area contributed by atoms with Gasteiger partial charge in [0, 0.05) is 11.6 Å².